The Kier molecular flexibility index (Phi) is 13.0. The Bertz CT molecular complexity index is 125. The summed E-state index contributed by atoms with van der Waals surface area (Å²) in [5.74, 6) is 0. The molecule has 0 heterocycles. The van der Waals surface area contributed by atoms with Crippen molar-refractivity contribution in [1.82, 2.24) is 0 Å². The Labute approximate surface area is 116 Å². The van der Waals surface area contributed by atoms with E-state index in [2.05, 4.69) is 31.9 Å². The molecule has 2 unspecified atom stereocenters. The molecule has 0 aromatic heterocycles. The van der Waals surface area contributed by atoms with Crippen molar-refractivity contribution in [1.29, 1.82) is 0 Å². The standard InChI is InChI=1S/C10H20Br2O2Se/c11-9(3-1-5-13)7-15-8-10(12)4-2-6-14/h9-10,13-14H,1-8H2. The van der Waals surface area contributed by atoms with Crippen molar-refractivity contribution < 1.29 is 10.2 Å². The summed E-state index contributed by atoms with van der Waals surface area (Å²) >= 11 is 7.92. The van der Waals surface area contributed by atoms with Crippen molar-refractivity contribution >= 4 is 46.8 Å². The molecule has 92 valence electrons. The number of rotatable bonds is 10. The van der Waals surface area contributed by atoms with Crippen LogP contribution in [0.3, 0.4) is 0 Å². The monoisotopic (exact) mass is 410 g/mol. The van der Waals surface area contributed by atoms with Gasteiger partial charge in [0.15, 0.2) is 0 Å². The average Bonchev–Trinajstić information content (AvgIpc) is 2.23. The summed E-state index contributed by atoms with van der Waals surface area (Å²) in [4.78, 5) is 1.14. The van der Waals surface area contributed by atoms with E-state index in [4.69, 9.17) is 10.2 Å². The van der Waals surface area contributed by atoms with Crippen LogP contribution in [-0.2, 0) is 0 Å². The summed E-state index contributed by atoms with van der Waals surface area (Å²) in [5.41, 5.74) is 0. The number of halogens is 2. The zero-order valence-corrected chi connectivity index (χ0v) is 13.8. The van der Waals surface area contributed by atoms with E-state index in [1.807, 2.05) is 0 Å². The molecule has 2 nitrogen and oxygen atoms in total. The molecular formula is C10H20Br2O2Se. The molecule has 0 rings (SSSR count). The molecule has 0 bridgehead atoms. The Morgan fingerprint density at radius 2 is 1.27 bits per heavy atom. The number of alkyl halides is 2. The molecule has 15 heavy (non-hydrogen) atoms. The molecule has 0 aliphatic heterocycles. The second-order valence-corrected chi connectivity index (χ2v) is 8.31. The Morgan fingerprint density at radius 3 is 1.60 bits per heavy atom. The molecular weight excluding hydrogens is 391 g/mol. The Hall–Kier alpha value is 1.40. The number of hydrogen-bond acceptors (Lipinski definition) is 2. The van der Waals surface area contributed by atoms with Gasteiger partial charge >= 0.3 is 116 Å². The van der Waals surface area contributed by atoms with Gasteiger partial charge in [0, 0.05) is 0 Å². The summed E-state index contributed by atoms with van der Waals surface area (Å²) in [5, 5.41) is 19.8. The molecule has 5 heteroatoms. The van der Waals surface area contributed by atoms with Gasteiger partial charge in [-0.25, -0.2) is 0 Å². The third-order valence-corrected chi connectivity index (χ3v) is 8.12. The van der Waals surface area contributed by atoms with Gasteiger partial charge in [0.25, 0.3) is 0 Å². The summed E-state index contributed by atoms with van der Waals surface area (Å²) in [6.45, 7) is 0.597. The van der Waals surface area contributed by atoms with Crippen LogP contribution < -0.4 is 0 Å². The third kappa shape index (κ3) is 11.7. The molecule has 0 radical (unpaired) electrons. The maximum atomic E-state index is 8.68. The molecule has 0 aliphatic rings. The number of aliphatic hydroxyl groups excluding tert-OH is 2. The van der Waals surface area contributed by atoms with Gasteiger partial charge in [-0.15, -0.1) is 0 Å². The van der Waals surface area contributed by atoms with Crippen molar-refractivity contribution in [3.05, 3.63) is 0 Å². The van der Waals surface area contributed by atoms with Crippen molar-refractivity contribution in [2.24, 2.45) is 0 Å². The van der Waals surface area contributed by atoms with E-state index in [0.717, 1.165) is 25.7 Å². The van der Waals surface area contributed by atoms with E-state index < -0.39 is 0 Å². The molecule has 0 aromatic carbocycles. The van der Waals surface area contributed by atoms with Crippen LogP contribution in [0, 0.1) is 0 Å². The van der Waals surface area contributed by atoms with Gasteiger partial charge in [-0.2, -0.15) is 0 Å². The summed E-state index contributed by atoms with van der Waals surface area (Å²) in [6.07, 6.45) is 3.94. The zero-order chi connectivity index (χ0) is 11.5. The topological polar surface area (TPSA) is 40.5 Å². The quantitative estimate of drug-likeness (QED) is 0.429. The van der Waals surface area contributed by atoms with Gasteiger partial charge in [0.05, 0.1) is 0 Å². The Balaban J connectivity index is 3.27. The van der Waals surface area contributed by atoms with Gasteiger partial charge in [-0.05, 0) is 0 Å². The molecule has 2 atom stereocenters. The molecule has 2 N–H and O–H groups in total. The minimum atomic E-state index is 0.298. The van der Waals surface area contributed by atoms with Gasteiger partial charge in [0.2, 0.25) is 0 Å². The minimum absolute atomic E-state index is 0.298. The van der Waals surface area contributed by atoms with Gasteiger partial charge < -0.3 is 0 Å². The van der Waals surface area contributed by atoms with Crippen LogP contribution in [0.2, 0.25) is 10.6 Å². The van der Waals surface area contributed by atoms with Gasteiger partial charge in [-0.3, -0.25) is 0 Å². The molecule has 0 aromatic rings. The zero-order valence-electron chi connectivity index (χ0n) is 8.87. The van der Waals surface area contributed by atoms with E-state index in [1.54, 1.807) is 0 Å². The maximum absolute atomic E-state index is 8.68. The van der Waals surface area contributed by atoms with Crippen molar-refractivity contribution in [3.8, 4) is 0 Å². The van der Waals surface area contributed by atoms with Crippen LogP contribution >= 0.6 is 31.9 Å². The van der Waals surface area contributed by atoms with Crippen LogP contribution in [0.4, 0.5) is 0 Å². The Morgan fingerprint density at radius 1 is 0.867 bits per heavy atom. The van der Waals surface area contributed by atoms with E-state index in [1.165, 1.54) is 10.6 Å². The SMILES string of the molecule is OCCCC(Br)C[Se]CC(Br)CCCO. The molecule has 0 saturated heterocycles. The van der Waals surface area contributed by atoms with Gasteiger partial charge in [0.1, 0.15) is 0 Å². The van der Waals surface area contributed by atoms with Crippen LogP contribution in [0.15, 0.2) is 0 Å². The van der Waals surface area contributed by atoms with Crippen molar-refractivity contribution in [2.45, 2.75) is 46.0 Å². The van der Waals surface area contributed by atoms with Gasteiger partial charge in [-0.1, -0.05) is 0 Å². The van der Waals surface area contributed by atoms with Crippen LogP contribution in [-0.4, -0.2) is 48.0 Å². The normalized spacial score (nSPS) is 15.2. The average molecular weight is 411 g/mol. The fourth-order valence-electron chi connectivity index (χ4n) is 1.12. The molecule has 0 spiro atoms. The van der Waals surface area contributed by atoms with Crippen molar-refractivity contribution in [3.63, 3.8) is 0 Å². The number of aliphatic hydroxyl groups is 2. The second-order valence-electron chi connectivity index (χ2n) is 3.46. The number of hydrogen-bond donors (Lipinski definition) is 2. The van der Waals surface area contributed by atoms with E-state index >= 15 is 0 Å². The second kappa shape index (κ2) is 11.9. The molecule has 0 amide bonds. The summed E-state index contributed by atoms with van der Waals surface area (Å²) in [7, 11) is 0. The molecule has 0 aliphatic carbocycles. The first-order valence-electron chi connectivity index (χ1n) is 5.28. The molecule has 0 saturated carbocycles. The first kappa shape index (κ1) is 16.4. The third-order valence-electron chi connectivity index (χ3n) is 1.95. The van der Waals surface area contributed by atoms with E-state index in [0.29, 0.717) is 37.8 Å². The predicted octanol–water partition coefficient (Wildman–Crippen LogP) is 2.60. The fraction of sp³-hybridized carbons (Fsp3) is 1.00. The van der Waals surface area contributed by atoms with E-state index in [9.17, 15) is 0 Å². The summed E-state index contributed by atoms with van der Waals surface area (Å²) < 4.78 is 0. The first-order valence-corrected chi connectivity index (χ1v) is 9.53. The summed E-state index contributed by atoms with van der Waals surface area (Å²) in [6, 6.07) is 0. The first-order chi connectivity index (χ1) is 7.20. The fourth-order valence-corrected chi connectivity index (χ4v) is 5.76. The van der Waals surface area contributed by atoms with Crippen LogP contribution in [0.1, 0.15) is 25.7 Å². The van der Waals surface area contributed by atoms with E-state index in [-0.39, 0.29) is 0 Å². The molecule has 0 fully saturated rings. The van der Waals surface area contributed by atoms with Crippen LogP contribution in [0.5, 0.6) is 0 Å². The van der Waals surface area contributed by atoms with Crippen molar-refractivity contribution in [2.75, 3.05) is 13.2 Å². The van der Waals surface area contributed by atoms with Crippen LogP contribution in [0.25, 0.3) is 0 Å². The predicted molar refractivity (Wildman–Crippen MR) is 73.4 cm³/mol.